The number of ketones is 1. The molecule has 4 rings (SSSR count). The van der Waals surface area contributed by atoms with Crippen LogP contribution in [0, 0.1) is 23.5 Å². The molecule has 0 aliphatic carbocycles. The molecule has 0 bridgehead atoms. The zero-order valence-corrected chi connectivity index (χ0v) is 17.8. The lowest BCUT2D eigenvalue weighted by atomic mass is 9.87. The third-order valence-corrected chi connectivity index (χ3v) is 6.53. The Morgan fingerprint density at radius 1 is 0.750 bits per heavy atom. The molecule has 0 radical (unpaired) electrons. The van der Waals surface area contributed by atoms with Crippen molar-refractivity contribution in [3.05, 3.63) is 71.3 Å². The molecule has 0 N–H and O–H groups in total. The second-order valence-electron chi connectivity index (χ2n) is 8.52. The second-order valence-corrected chi connectivity index (χ2v) is 8.52. The van der Waals surface area contributed by atoms with Crippen LogP contribution in [-0.4, -0.2) is 53.6 Å². The van der Waals surface area contributed by atoms with E-state index < -0.39 is 17.5 Å². The van der Waals surface area contributed by atoms with Crippen molar-refractivity contribution in [3.63, 3.8) is 0 Å². The molecule has 2 aromatic carbocycles. The molecular formula is C25H26F2N2O3. The fourth-order valence-corrected chi connectivity index (χ4v) is 4.62. The number of rotatable bonds is 4. The number of carbonyl (C=O) groups excluding carboxylic acids is 3. The first kappa shape index (κ1) is 22.1. The first-order valence-corrected chi connectivity index (χ1v) is 11.1. The van der Waals surface area contributed by atoms with Crippen LogP contribution in [0.1, 0.15) is 46.4 Å². The second kappa shape index (κ2) is 9.59. The van der Waals surface area contributed by atoms with E-state index in [4.69, 9.17) is 0 Å². The average molecular weight is 440 g/mol. The predicted molar refractivity (Wildman–Crippen MR) is 115 cm³/mol. The molecule has 0 spiro atoms. The minimum Gasteiger partial charge on any atom is -0.342 e. The number of halogens is 2. The lowest BCUT2D eigenvalue weighted by Gasteiger charge is -2.37. The third kappa shape index (κ3) is 4.71. The molecular weight excluding hydrogens is 414 g/mol. The van der Waals surface area contributed by atoms with Crippen molar-refractivity contribution < 1.29 is 23.2 Å². The van der Waals surface area contributed by atoms with Gasteiger partial charge in [0.15, 0.2) is 5.78 Å². The predicted octanol–water partition coefficient (Wildman–Crippen LogP) is 3.94. The highest BCUT2D eigenvalue weighted by atomic mass is 19.1. The SMILES string of the molecule is O=C(c1ccccc1)C1CCN(C(=O)C2CCN(C(=O)c3ccc(F)cc3F)CC2)CC1. The molecule has 0 saturated carbocycles. The number of nitrogens with zero attached hydrogens (tertiary/aromatic N) is 2. The van der Waals surface area contributed by atoms with Gasteiger partial charge in [-0.25, -0.2) is 8.78 Å². The topological polar surface area (TPSA) is 57.7 Å². The fraction of sp³-hybridized carbons (Fsp3) is 0.400. The summed E-state index contributed by atoms with van der Waals surface area (Å²) in [6, 6.07) is 12.2. The van der Waals surface area contributed by atoms with Crippen molar-refractivity contribution in [1.29, 1.82) is 0 Å². The van der Waals surface area contributed by atoms with Crippen LogP contribution < -0.4 is 0 Å². The Balaban J connectivity index is 1.28. The lowest BCUT2D eigenvalue weighted by molar-refractivity contribution is -0.138. The van der Waals surface area contributed by atoms with Crippen LogP contribution in [0.2, 0.25) is 0 Å². The summed E-state index contributed by atoms with van der Waals surface area (Å²) >= 11 is 0. The number of hydrogen-bond donors (Lipinski definition) is 0. The first-order chi connectivity index (χ1) is 15.4. The van der Waals surface area contributed by atoms with Gasteiger partial charge in [0.25, 0.3) is 5.91 Å². The number of hydrogen-bond acceptors (Lipinski definition) is 3. The molecule has 5 nitrogen and oxygen atoms in total. The van der Waals surface area contributed by atoms with Crippen LogP contribution in [-0.2, 0) is 4.79 Å². The van der Waals surface area contributed by atoms with Crippen LogP contribution in [0.25, 0.3) is 0 Å². The van der Waals surface area contributed by atoms with Crippen LogP contribution >= 0.6 is 0 Å². The molecule has 0 atom stereocenters. The molecule has 2 fully saturated rings. The number of carbonyl (C=O) groups is 3. The Morgan fingerprint density at radius 3 is 1.97 bits per heavy atom. The van der Waals surface area contributed by atoms with Crippen molar-refractivity contribution in [2.75, 3.05) is 26.2 Å². The molecule has 2 amide bonds. The third-order valence-electron chi connectivity index (χ3n) is 6.53. The van der Waals surface area contributed by atoms with Crippen LogP contribution in [0.5, 0.6) is 0 Å². The minimum atomic E-state index is -0.874. The van der Waals surface area contributed by atoms with Crippen molar-refractivity contribution in [1.82, 2.24) is 9.80 Å². The molecule has 2 saturated heterocycles. The maximum absolute atomic E-state index is 13.9. The highest BCUT2D eigenvalue weighted by Gasteiger charge is 2.34. The molecule has 0 unspecified atom stereocenters. The summed E-state index contributed by atoms with van der Waals surface area (Å²) in [5, 5.41) is 0. The first-order valence-electron chi connectivity index (χ1n) is 11.1. The van der Waals surface area contributed by atoms with E-state index in [1.165, 1.54) is 4.90 Å². The number of amides is 2. The largest absolute Gasteiger partial charge is 0.342 e. The molecule has 2 aliphatic heterocycles. The Morgan fingerprint density at radius 2 is 1.34 bits per heavy atom. The van der Waals surface area contributed by atoms with Crippen molar-refractivity contribution >= 4 is 17.6 Å². The van der Waals surface area contributed by atoms with Gasteiger partial charge >= 0.3 is 0 Å². The van der Waals surface area contributed by atoms with Crippen molar-refractivity contribution in [3.8, 4) is 0 Å². The summed E-state index contributed by atoms with van der Waals surface area (Å²) in [7, 11) is 0. The van der Waals surface area contributed by atoms with Gasteiger partial charge in [-0.3, -0.25) is 14.4 Å². The number of Topliss-reactive ketones (excluding diaryl/α,β-unsaturated/α-hetero) is 1. The van der Waals surface area contributed by atoms with E-state index in [9.17, 15) is 23.2 Å². The van der Waals surface area contributed by atoms with Gasteiger partial charge in [-0.2, -0.15) is 0 Å². The van der Waals surface area contributed by atoms with Gasteiger partial charge in [-0.15, -0.1) is 0 Å². The Hall–Kier alpha value is -3.09. The molecule has 2 heterocycles. The summed E-state index contributed by atoms with van der Waals surface area (Å²) in [5.74, 6) is -2.12. The average Bonchev–Trinajstić information content (AvgIpc) is 2.83. The van der Waals surface area contributed by atoms with Gasteiger partial charge in [0, 0.05) is 49.6 Å². The van der Waals surface area contributed by atoms with Gasteiger partial charge in [0.1, 0.15) is 11.6 Å². The standard InChI is InChI=1S/C25H26F2N2O3/c26-20-6-7-21(22(27)16-20)25(32)29-14-10-19(11-15-29)24(31)28-12-8-18(9-13-28)23(30)17-4-2-1-3-5-17/h1-7,16,18-19H,8-15H2. The number of benzene rings is 2. The van der Waals surface area contributed by atoms with E-state index in [1.54, 1.807) is 0 Å². The fourth-order valence-electron chi connectivity index (χ4n) is 4.62. The van der Waals surface area contributed by atoms with E-state index in [1.807, 2.05) is 35.2 Å². The quantitative estimate of drug-likeness (QED) is 0.677. The van der Waals surface area contributed by atoms with Crippen molar-refractivity contribution in [2.24, 2.45) is 11.8 Å². The summed E-state index contributed by atoms with van der Waals surface area (Å²) in [5.41, 5.74) is 0.563. The molecule has 2 aliphatic rings. The van der Waals surface area contributed by atoms with Gasteiger partial charge in [-0.05, 0) is 37.8 Å². The zero-order chi connectivity index (χ0) is 22.7. The van der Waals surface area contributed by atoms with Crippen molar-refractivity contribution in [2.45, 2.75) is 25.7 Å². The highest BCUT2D eigenvalue weighted by Crippen LogP contribution is 2.26. The lowest BCUT2D eigenvalue weighted by Crippen LogP contribution is -2.47. The summed E-state index contributed by atoms with van der Waals surface area (Å²) < 4.78 is 27.0. The van der Waals surface area contributed by atoms with Gasteiger partial charge in [0.05, 0.1) is 5.56 Å². The molecule has 0 aromatic heterocycles. The highest BCUT2D eigenvalue weighted by molar-refractivity contribution is 5.98. The van der Waals surface area contributed by atoms with E-state index in [0.717, 1.165) is 12.1 Å². The minimum absolute atomic E-state index is 0.0634. The van der Waals surface area contributed by atoms with E-state index in [-0.39, 0.29) is 29.1 Å². The molecule has 168 valence electrons. The molecule has 7 heteroatoms. The summed E-state index contributed by atoms with van der Waals surface area (Å²) in [6.45, 7) is 1.83. The van der Waals surface area contributed by atoms with Gasteiger partial charge < -0.3 is 9.80 Å². The van der Waals surface area contributed by atoms with Gasteiger partial charge in [-0.1, -0.05) is 30.3 Å². The Kier molecular flexibility index (Phi) is 6.63. The van der Waals surface area contributed by atoms with E-state index in [2.05, 4.69) is 0 Å². The van der Waals surface area contributed by atoms with Crippen LogP contribution in [0.4, 0.5) is 8.78 Å². The van der Waals surface area contributed by atoms with E-state index >= 15 is 0 Å². The normalized spacial score (nSPS) is 17.9. The zero-order valence-electron chi connectivity index (χ0n) is 17.8. The monoisotopic (exact) mass is 440 g/mol. The smallest absolute Gasteiger partial charge is 0.256 e. The molecule has 2 aromatic rings. The van der Waals surface area contributed by atoms with Gasteiger partial charge in [0.2, 0.25) is 5.91 Å². The summed E-state index contributed by atoms with van der Waals surface area (Å²) in [4.78, 5) is 41.5. The number of likely N-dealkylation sites (tertiary alicyclic amines) is 2. The van der Waals surface area contributed by atoms with Crippen LogP contribution in [0.15, 0.2) is 48.5 Å². The van der Waals surface area contributed by atoms with E-state index in [0.29, 0.717) is 63.5 Å². The Bertz CT molecular complexity index is 996. The summed E-state index contributed by atoms with van der Waals surface area (Å²) in [6.07, 6.45) is 2.33. The molecule has 32 heavy (non-hydrogen) atoms. The Labute approximate surface area is 186 Å². The number of piperidine rings is 2. The maximum atomic E-state index is 13.9. The maximum Gasteiger partial charge on any atom is 0.256 e. The van der Waals surface area contributed by atoms with Crippen LogP contribution in [0.3, 0.4) is 0 Å².